The topological polar surface area (TPSA) is 84.2 Å². The zero-order valence-electron chi connectivity index (χ0n) is 9.80. The molecule has 0 amide bonds. The monoisotopic (exact) mass is 247 g/mol. The van der Waals surface area contributed by atoms with Gasteiger partial charge in [-0.15, -0.1) is 0 Å². The van der Waals surface area contributed by atoms with Gasteiger partial charge in [0.2, 0.25) is 10.0 Å². The van der Waals surface area contributed by atoms with Crippen LogP contribution in [0.3, 0.4) is 0 Å². The largest absolute Gasteiger partial charge is 0.391 e. The van der Waals surface area contributed by atoms with Crippen molar-refractivity contribution in [2.45, 2.75) is 37.3 Å². The number of hydrogen-bond donors (Lipinski definition) is 2. The van der Waals surface area contributed by atoms with Gasteiger partial charge >= 0.3 is 0 Å². The van der Waals surface area contributed by atoms with E-state index in [0.29, 0.717) is 0 Å². The number of aryl methyl sites for hydroxylation is 1. The molecule has 0 aliphatic rings. The molecule has 0 saturated carbocycles. The summed E-state index contributed by atoms with van der Waals surface area (Å²) in [6.45, 7) is 4.77. The third-order valence-corrected chi connectivity index (χ3v) is 4.06. The molecule has 1 rings (SSSR count). The average Bonchev–Trinajstić information content (AvgIpc) is 2.50. The first-order chi connectivity index (χ1) is 7.15. The summed E-state index contributed by atoms with van der Waals surface area (Å²) >= 11 is 0. The van der Waals surface area contributed by atoms with E-state index in [2.05, 4.69) is 9.82 Å². The molecular weight excluding hydrogens is 230 g/mol. The molecule has 0 aromatic carbocycles. The van der Waals surface area contributed by atoms with Crippen LogP contribution in [0.4, 0.5) is 0 Å². The fraction of sp³-hybridized carbons (Fsp3) is 0.667. The molecule has 0 bridgehead atoms. The Labute approximate surface area is 95.3 Å². The normalized spacial score (nSPS) is 15.1. The average molecular weight is 247 g/mol. The minimum atomic E-state index is -3.64. The number of aromatic nitrogens is 2. The zero-order valence-corrected chi connectivity index (χ0v) is 10.6. The molecule has 6 nitrogen and oxygen atoms in total. The summed E-state index contributed by atoms with van der Waals surface area (Å²) in [5.41, 5.74) is -0.922. The highest BCUT2D eigenvalue weighted by Crippen LogP contribution is 2.14. The van der Waals surface area contributed by atoms with Crippen molar-refractivity contribution in [2.24, 2.45) is 7.05 Å². The van der Waals surface area contributed by atoms with Crippen LogP contribution in [0.25, 0.3) is 0 Å². The van der Waals surface area contributed by atoms with Gasteiger partial charge in [0.25, 0.3) is 0 Å². The molecule has 1 aromatic rings. The van der Waals surface area contributed by atoms with Crippen LogP contribution in [0, 0.1) is 0 Å². The van der Waals surface area contributed by atoms with E-state index in [1.807, 2.05) is 0 Å². The third-order valence-electron chi connectivity index (χ3n) is 2.43. The molecule has 0 aliphatic heterocycles. The van der Waals surface area contributed by atoms with Gasteiger partial charge in [-0.25, -0.2) is 13.1 Å². The SMILES string of the molecule is CC(O)C(C)(C)NS(=O)(=O)c1cnn(C)c1. The van der Waals surface area contributed by atoms with Crippen molar-refractivity contribution in [1.82, 2.24) is 14.5 Å². The predicted molar refractivity (Wildman–Crippen MR) is 59.3 cm³/mol. The van der Waals surface area contributed by atoms with Gasteiger partial charge in [-0.1, -0.05) is 0 Å². The van der Waals surface area contributed by atoms with E-state index in [4.69, 9.17) is 0 Å². The van der Waals surface area contributed by atoms with Crippen LogP contribution in [0.5, 0.6) is 0 Å². The lowest BCUT2D eigenvalue weighted by Crippen LogP contribution is -2.50. The van der Waals surface area contributed by atoms with Crippen LogP contribution >= 0.6 is 0 Å². The second-order valence-corrected chi connectivity index (χ2v) is 6.04. The Bertz CT molecular complexity index is 462. The lowest BCUT2D eigenvalue weighted by molar-refractivity contribution is 0.111. The van der Waals surface area contributed by atoms with Crippen LogP contribution in [-0.2, 0) is 17.1 Å². The van der Waals surface area contributed by atoms with E-state index in [-0.39, 0.29) is 4.90 Å². The molecule has 0 radical (unpaired) electrons. The van der Waals surface area contributed by atoms with E-state index >= 15 is 0 Å². The van der Waals surface area contributed by atoms with Crippen LogP contribution < -0.4 is 4.72 Å². The second kappa shape index (κ2) is 4.15. The van der Waals surface area contributed by atoms with Crippen molar-refractivity contribution in [3.8, 4) is 0 Å². The Morgan fingerprint density at radius 1 is 1.56 bits per heavy atom. The minimum absolute atomic E-state index is 0.0868. The summed E-state index contributed by atoms with van der Waals surface area (Å²) < 4.78 is 27.6. The molecule has 16 heavy (non-hydrogen) atoms. The Morgan fingerprint density at radius 3 is 2.50 bits per heavy atom. The lowest BCUT2D eigenvalue weighted by Gasteiger charge is -2.28. The molecule has 1 unspecified atom stereocenters. The highest BCUT2D eigenvalue weighted by molar-refractivity contribution is 7.89. The molecule has 1 heterocycles. The molecule has 92 valence electrons. The van der Waals surface area contributed by atoms with Crippen molar-refractivity contribution in [2.75, 3.05) is 0 Å². The summed E-state index contributed by atoms with van der Waals surface area (Å²) in [4.78, 5) is 0.0868. The maximum absolute atomic E-state index is 11.9. The van der Waals surface area contributed by atoms with Crippen LogP contribution in [0.2, 0.25) is 0 Å². The minimum Gasteiger partial charge on any atom is -0.391 e. The molecule has 0 saturated heterocycles. The fourth-order valence-corrected chi connectivity index (χ4v) is 2.49. The molecule has 7 heteroatoms. The zero-order chi connectivity index (χ0) is 12.6. The first kappa shape index (κ1) is 13.1. The predicted octanol–water partition coefficient (Wildman–Crippen LogP) is -0.142. The molecular formula is C9H17N3O3S. The number of hydrogen-bond acceptors (Lipinski definition) is 4. The van der Waals surface area contributed by atoms with Gasteiger partial charge in [0.1, 0.15) is 4.90 Å². The highest BCUT2D eigenvalue weighted by Gasteiger charge is 2.30. The number of nitrogens with zero attached hydrogens (tertiary/aromatic N) is 2. The van der Waals surface area contributed by atoms with Gasteiger partial charge < -0.3 is 5.11 Å². The smallest absolute Gasteiger partial charge is 0.244 e. The van der Waals surface area contributed by atoms with Gasteiger partial charge in [-0.3, -0.25) is 4.68 Å². The number of rotatable bonds is 4. The Hall–Kier alpha value is -0.920. The van der Waals surface area contributed by atoms with Gasteiger partial charge in [0.05, 0.1) is 17.8 Å². The molecule has 2 N–H and O–H groups in total. The van der Waals surface area contributed by atoms with E-state index in [1.165, 1.54) is 24.0 Å². The first-order valence-electron chi connectivity index (χ1n) is 4.86. The maximum atomic E-state index is 11.9. The van der Waals surface area contributed by atoms with Gasteiger partial charge in [0, 0.05) is 13.2 Å². The number of nitrogens with one attached hydrogen (secondary N) is 1. The fourth-order valence-electron chi connectivity index (χ4n) is 1.03. The summed E-state index contributed by atoms with van der Waals surface area (Å²) in [7, 11) is -2.00. The highest BCUT2D eigenvalue weighted by atomic mass is 32.2. The van der Waals surface area contributed by atoms with E-state index in [1.54, 1.807) is 20.9 Å². The van der Waals surface area contributed by atoms with Crippen LogP contribution in [0.1, 0.15) is 20.8 Å². The summed E-state index contributed by atoms with van der Waals surface area (Å²) in [5.74, 6) is 0. The number of sulfonamides is 1. The van der Waals surface area contributed by atoms with Crippen molar-refractivity contribution in [3.63, 3.8) is 0 Å². The molecule has 0 aliphatic carbocycles. The Morgan fingerprint density at radius 2 is 2.12 bits per heavy atom. The summed E-state index contributed by atoms with van der Waals surface area (Å²) in [6, 6.07) is 0. The van der Waals surface area contributed by atoms with Crippen molar-refractivity contribution < 1.29 is 13.5 Å². The molecule has 1 aromatic heterocycles. The number of aliphatic hydroxyl groups excluding tert-OH is 1. The van der Waals surface area contributed by atoms with Crippen molar-refractivity contribution >= 4 is 10.0 Å². The standard InChI is InChI=1S/C9H17N3O3S/c1-7(13)9(2,3)11-16(14,15)8-5-10-12(4)6-8/h5-7,11,13H,1-4H3. The lowest BCUT2D eigenvalue weighted by atomic mass is 10.0. The summed E-state index contributed by atoms with van der Waals surface area (Å²) in [6.07, 6.45) is 1.87. The van der Waals surface area contributed by atoms with Crippen molar-refractivity contribution in [1.29, 1.82) is 0 Å². The molecule has 0 fully saturated rings. The van der Waals surface area contributed by atoms with Gasteiger partial charge in [-0.2, -0.15) is 5.10 Å². The van der Waals surface area contributed by atoms with E-state index < -0.39 is 21.7 Å². The van der Waals surface area contributed by atoms with E-state index in [0.717, 1.165) is 0 Å². The Balaban J connectivity index is 2.97. The molecule has 1 atom stereocenters. The van der Waals surface area contributed by atoms with Crippen LogP contribution in [0.15, 0.2) is 17.3 Å². The Kier molecular flexibility index (Phi) is 3.41. The molecule has 0 spiro atoms. The number of aliphatic hydroxyl groups is 1. The second-order valence-electron chi connectivity index (χ2n) is 4.35. The van der Waals surface area contributed by atoms with Crippen LogP contribution in [-0.4, -0.2) is 34.9 Å². The van der Waals surface area contributed by atoms with Crippen molar-refractivity contribution in [3.05, 3.63) is 12.4 Å². The van der Waals surface area contributed by atoms with Gasteiger partial charge in [-0.05, 0) is 20.8 Å². The third kappa shape index (κ3) is 2.81. The van der Waals surface area contributed by atoms with Gasteiger partial charge in [0.15, 0.2) is 0 Å². The quantitative estimate of drug-likeness (QED) is 0.775. The van der Waals surface area contributed by atoms with E-state index in [9.17, 15) is 13.5 Å². The summed E-state index contributed by atoms with van der Waals surface area (Å²) in [5, 5.41) is 13.2. The maximum Gasteiger partial charge on any atom is 0.244 e. The first-order valence-corrected chi connectivity index (χ1v) is 6.34.